The fourth-order valence-electron chi connectivity index (χ4n) is 2.41. The van der Waals surface area contributed by atoms with E-state index >= 15 is 0 Å². The minimum Gasteiger partial charge on any atom is -0.385 e. The maximum absolute atomic E-state index is 6.16. The molecule has 1 N–H and O–H groups in total. The summed E-state index contributed by atoms with van der Waals surface area (Å²) < 4.78 is 0. The summed E-state index contributed by atoms with van der Waals surface area (Å²) in [4.78, 5) is 4.48. The highest BCUT2D eigenvalue weighted by atomic mass is 35.5. The molecule has 0 bridgehead atoms. The van der Waals surface area contributed by atoms with Gasteiger partial charge in [-0.05, 0) is 48.6 Å². The van der Waals surface area contributed by atoms with Gasteiger partial charge >= 0.3 is 0 Å². The fraction of sp³-hybridized carbons (Fsp3) is 0.357. The van der Waals surface area contributed by atoms with Gasteiger partial charge in [-0.25, -0.2) is 4.98 Å². The number of fused-ring (bicyclic) bond motifs is 2. The molecule has 0 radical (unpaired) electrons. The van der Waals surface area contributed by atoms with Crippen LogP contribution in [0.25, 0.3) is 10.9 Å². The second-order valence-electron chi connectivity index (χ2n) is 4.52. The molecule has 1 aromatic carbocycles. The van der Waals surface area contributed by atoms with Gasteiger partial charge < -0.3 is 5.32 Å². The van der Waals surface area contributed by atoms with E-state index in [2.05, 4.69) is 35.4 Å². The topological polar surface area (TPSA) is 24.9 Å². The van der Waals surface area contributed by atoms with Crippen molar-refractivity contribution in [3.63, 3.8) is 0 Å². The molecule has 2 heterocycles. The smallest absolute Gasteiger partial charge is 0.132 e. The second kappa shape index (κ2) is 4.19. The molecule has 0 aliphatic carbocycles. The van der Waals surface area contributed by atoms with Gasteiger partial charge in [-0.2, -0.15) is 0 Å². The third-order valence-electron chi connectivity index (χ3n) is 3.39. The highest BCUT2D eigenvalue weighted by Gasteiger charge is 2.11. The van der Waals surface area contributed by atoms with Crippen LogP contribution >= 0.6 is 11.6 Å². The Hall–Kier alpha value is -1.28. The van der Waals surface area contributed by atoms with E-state index in [1.165, 1.54) is 23.1 Å². The molecule has 3 rings (SSSR count). The molecule has 0 spiro atoms. The Kier molecular flexibility index (Phi) is 2.67. The molecule has 0 saturated heterocycles. The summed E-state index contributed by atoms with van der Waals surface area (Å²) in [5.41, 5.74) is 4.73. The Morgan fingerprint density at radius 3 is 3.06 bits per heavy atom. The van der Waals surface area contributed by atoms with Crippen molar-refractivity contribution in [3.05, 3.63) is 34.5 Å². The van der Waals surface area contributed by atoms with Crippen molar-refractivity contribution in [2.24, 2.45) is 0 Å². The first-order valence-corrected chi connectivity index (χ1v) is 6.51. The summed E-state index contributed by atoms with van der Waals surface area (Å²) in [6.07, 6.45) is 3.29. The molecule has 0 unspecified atom stereocenters. The number of nitrogens with zero attached hydrogens (tertiary/aromatic N) is 1. The first kappa shape index (κ1) is 10.8. The van der Waals surface area contributed by atoms with Crippen molar-refractivity contribution in [2.45, 2.75) is 26.2 Å². The van der Waals surface area contributed by atoms with E-state index in [-0.39, 0.29) is 0 Å². The number of halogens is 1. The van der Waals surface area contributed by atoms with Crippen molar-refractivity contribution < 1.29 is 0 Å². The van der Waals surface area contributed by atoms with E-state index in [1.807, 2.05) is 0 Å². The standard InChI is InChI=1S/C14H15ClN2/c1-2-9-6-11-7-10-4-3-5-16-12(10)8-13(11)17-14(9)15/h6-8,16H,2-5H2,1H3. The Morgan fingerprint density at radius 2 is 2.24 bits per heavy atom. The van der Waals surface area contributed by atoms with Gasteiger partial charge in [0.1, 0.15) is 5.15 Å². The number of hydrogen-bond donors (Lipinski definition) is 1. The zero-order chi connectivity index (χ0) is 11.8. The Balaban J connectivity index is 2.23. The van der Waals surface area contributed by atoms with Crippen LogP contribution in [0, 0.1) is 0 Å². The van der Waals surface area contributed by atoms with E-state index in [4.69, 9.17) is 11.6 Å². The van der Waals surface area contributed by atoms with Gasteiger partial charge in [0.15, 0.2) is 0 Å². The average Bonchev–Trinajstić information content (AvgIpc) is 2.35. The zero-order valence-corrected chi connectivity index (χ0v) is 10.6. The third kappa shape index (κ3) is 1.87. The van der Waals surface area contributed by atoms with Crippen LogP contribution in [0.4, 0.5) is 5.69 Å². The molecule has 0 atom stereocenters. The van der Waals surface area contributed by atoms with Gasteiger partial charge in [-0.15, -0.1) is 0 Å². The molecule has 1 aromatic heterocycles. The predicted molar refractivity (Wildman–Crippen MR) is 72.9 cm³/mol. The third-order valence-corrected chi connectivity index (χ3v) is 3.71. The lowest BCUT2D eigenvalue weighted by Crippen LogP contribution is -2.11. The maximum Gasteiger partial charge on any atom is 0.132 e. The fourth-order valence-corrected chi connectivity index (χ4v) is 2.69. The molecule has 1 aliphatic rings. The molecule has 3 heteroatoms. The number of aryl methyl sites for hydroxylation is 2. The number of nitrogens with one attached hydrogen (secondary N) is 1. The van der Waals surface area contributed by atoms with Crippen LogP contribution in [0.2, 0.25) is 5.15 Å². The quantitative estimate of drug-likeness (QED) is 0.774. The summed E-state index contributed by atoms with van der Waals surface area (Å²) in [7, 11) is 0. The van der Waals surface area contributed by atoms with Crippen molar-refractivity contribution in [2.75, 3.05) is 11.9 Å². The van der Waals surface area contributed by atoms with Crippen molar-refractivity contribution in [1.29, 1.82) is 0 Å². The number of aromatic nitrogens is 1. The van der Waals surface area contributed by atoms with Crippen LogP contribution in [0.5, 0.6) is 0 Å². The summed E-state index contributed by atoms with van der Waals surface area (Å²) in [6, 6.07) is 6.54. The van der Waals surface area contributed by atoms with Gasteiger partial charge in [-0.1, -0.05) is 18.5 Å². The van der Waals surface area contributed by atoms with E-state index in [0.717, 1.165) is 30.5 Å². The van der Waals surface area contributed by atoms with E-state index < -0.39 is 0 Å². The molecule has 88 valence electrons. The highest BCUT2D eigenvalue weighted by molar-refractivity contribution is 6.30. The molecule has 0 fully saturated rings. The SMILES string of the molecule is CCc1cc2cc3c(cc2nc1Cl)NCCC3. The number of pyridine rings is 1. The lowest BCUT2D eigenvalue weighted by molar-refractivity contribution is 0.831. The molecule has 2 nitrogen and oxygen atoms in total. The van der Waals surface area contributed by atoms with Crippen molar-refractivity contribution in [3.8, 4) is 0 Å². The van der Waals surface area contributed by atoms with E-state index in [9.17, 15) is 0 Å². The summed E-state index contributed by atoms with van der Waals surface area (Å²) in [6.45, 7) is 3.16. The number of anilines is 1. The minimum atomic E-state index is 0.635. The lowest BCUT2D eigenvalue weighted by Gasteiger charge is -2.18. The van der Waals surface area contributed by atoms with Crippen molar-refractivity contribution >= 4 is 28.2 Å². The Morgan fingerprint density at radius 1 is 1.35 bits per heavy atom. The highest BCUT2D eigenvalue weighted by Crippen LogP contribution is 2.29. The van der Waals surface area contributed by atoms with Gasteiger partial charge in [0, 0.05) is 17.6 Å². The summed E-state index contributed by atoms with van der Waals surface area (Å²) in [5.74, 6) is 0. The van der Waals surface area contributed by atoms with Gasteiger partial charge in [0.2, 0.25) is 0 Å². The molecular weight excluding hydrogens is 232 g/mol. The Bertz CT molecular complexity index is 578. The average molecular weight is 247 g/mol. The first-order chi connectivity index (χ1) is 8.28. The zero-order valence-electron chi connectivity index (χ0n) is 9.89. The normalized spacial score (nSPS) is 14.5. The largest absolute Gasteiger partial charge is 0.385 e. The van der Waals surface area contributed by atoms with Crippen LogP contribution in [0.1, 0.15) is 24.5 Å². The van der Waals surface area contributed by atoms with Crippen LogP contribution < -0.4 is 5.32 Å². The monoisotopic (exact) mass is 246 g/mol. The van der Waals surface area contributed by atoms with Gasteiger partial charge in [-0.3, -0.25) is 0 Å². The van der Waals surface area contributed by atoms with Gasteiger partial charge in [0.25, 0.3) is 0 Å². The number of rotatable bonds is 1. The van der Waals surface area contributed by atoms with Crippen molar-refractivity contribution in [1.82, 2.24) is 4.98 Å². The molecule has 0 saturated carbocycles. The maximum atomic E-state index is 6.16. The van der Waals surface area contributed by atoms with Gasteiger partial charge in [0.05, 0.1) is 5.52 Å². The van der Waals surface area contributed by atoms with Crippen LogP contribution in [-0.2, 0) is 12.8 Å². The minimum absolute atomic E-state index is 0.635. The lowest BCUT2D eigenvalue weighted by atomic mass is 10.00. The first-order valence-electron chi connectivity index (χ1n) is 6.14. The molecule has 0 amide bonds. The van der Waals surface area contributed by atoms with E-state index in [1.54, 1.807) is 0 Å². The van der Waals surface area contributed by atoms with Crippen LogP contribution in [0.15, 0.2) is 18.2 Å². The second-order valence-corrected chi connectivity index (χ2v) is 4.88. The predicted octanol–water partition coefficient (Wildman–Crippen LogP) is 3.81. The summed E-state index contributed by atoms with van der Waals surface area (Å²) in [5, 5.41) is 5.26. The van der Waals surface area contributed by atoms with Crippen LogP contribution in [-0.4, -0.2) is 11.5 Å². The van der Waals surface area contributed by atoms with E-state index in [0.29, 0.717) is 5.15 Å². The number of benzene rings is 1. The molecule has 17 heavy (non-hydrogen) atoms. The summed E-state index contributed by atoms with van der Waals surface area (Å²) >= 11 is 6.16. The molecular formula is C14H15ClN2. The molecule has 1 aliphatic heterocycles. The Labute approximate surface area is 106 Å². The molecule has 2 aromatic rings. The van der Waals surface area contributed by atoms with Crippen LogP contribution in [0.3, 0.4) is 0 Å². The number of hydrogen-bond acceptors (Lipinski definition) is 2.